The van der Waals surface area contributed by atoms with Crippen LogP contribution in [-0.2, 0) is 6.54 Å². The Morgan fingerprint density at radius 3 is 2.72 bits per heavy atom. The van der Waals surface area contributed by atoms with Gasteiger partial charge in [0.1, 0.15) is 6.23 Å². The number of piperidine rings is 1. The van der Waals surface area contributed by atoms with Crippen LogP contribution in [0.3, 0.4) is 0 Å². The second-order valence-corrected chi connectivity index (χ2v) is 8.45. The average Bonchev–Trinajstić information content (AvgIpc) is 2.95. The van der Waals surface area contributed by atoms with E-state index in [0.717, 1.165) is 29.2 Å². The highest BCUT2D eigenvalue weighted by Crippen LogP contribution is 2.26. The minimum Gasteiger partial charge on any atom is -0.378 e. The standard InChI is InChI=1S/C20H30N2O2S/c1-3-4-7-16-10-12-21(13-11-16)19(23)15(2)14-22-17-8-5-6-9-18(17)25-20(22)24/h5-6,8-9,15-16,19,23H,3-4,7,10-14H2,1-2H3/t15-,19?/m0/s1. The second-order valence-electron chi connectivity index (χ2n) is 7.46. The van der Waals surface area contributed by atoms with E-state index >= 15 is 0 Å². The molecule has 0 aliphatic carbocycles. The SMILES string of the molecule is CCCCC1CCN(C(O)[C@@H](C)Cn2c(=O)sc3ccccc32)CC1. The Morgan fingerprint density at radius 1 is 1.28 bits per heavy atom. The Hall–Kier alpha value is -1.17. The predicted molar refractivity (Wildman–Crippen MR) is 105 cm³/mol. The third-order valence-electron chi connectivity index (χ3n) is 5.54. The number of aliphatic hydroxyl groups excluding tert-OH is 1. The summed E-state index contributed by atoms with van der Waals surface area (Å²) in [5.74, 6) is 0.852. The molecule has 2 atom stereocenters. The van der Waals surface area contributed by atoms with E-state index in [-0.39, 0.29) is 10.8 Å². The molecule has 1 fully saturated rings. The zero-order chi connectivity index (χ0) is 17.8. The van der Waals surface area contributed by atoms with E-state index in [1.54, 1.807) is 0 Å². The van der Waals surface area contributed by atoms with E-state index in [9.17, 15) is 9.90 Å². The van der Waals surface area contributed by atoms with Gasteiger partial charge in [0.25, 0.3) is 0 Å². The maximum Gasteiger partial charge on any atom is 0.308 e. The van der Waals surface area contributed by atoms with Crippen molar-refractivity contribution < 1.29 is 5.11 Å². The van der Waals surface area contributed by atoms with Gasteiger partial charge in [-0.3, -0.25) is 14.3 Å². The zero-order valence-corrected chi connectivity index (χ0v) is 16.2. The molecule has 0 saturated carbocycles. The second kappa shape index (κ2) is 8.47. The average molecular weight is 363 g/mol. The molecule has 2 heterocycles. The number of thiazole rings is 1. The minimum atomic E-state index is -0.474. The fourth-order valence-electron chi connectivity index (χ4n) is 3.93. The van der Waals surface area contributed by atoms with Crippen LogP contribution in [0.25, 0.3) is 10.2 Å². The van der Waals surface area contributed by atoms with Crippen LogP contribution in [0, 0.1) is 11.8 Å². The summed E-state index contributed by atoms with van der Waals surface area (Å²) >= 11 is 1.29. The Kier molecular flexibility index (Phi) is 6.31. The largest absolute Gasteiger partial charge is 0.378 e. The summed E-state index contributed by atoms with van der Waals surface area (Å²) in [4.78, 5) is 14.6. The molecule has 1 N–H and O–H groups in total. The normalized spacial score (nSPS) is 19.3. The lowest BCUT2D eigenvalue weighted by Crippen LogP contribution is -2.45. The number of likely N-dealkylation sites (tertiary alicyclic amines) is 1. The fourth-order valence-corrected chi connectivity index (χ4v) is 4.83. The van der Waals surface area contributed by atoms with Crippen molar-refractivity contribution in [2.45, 2.75) is 58.7 Å². The number of benzene rings is 1. The highest BCUT2D eigenvalue weighted by atomic mass is 32.1. The fraction of sp³-hybridized carbons (Fsp3) is 0.650. The van der Waals surface area contributed by atoms with Gasteiger partial charge in [0.05, 0.1) is 10.2 Å². The minimum absolute atomic E-state index is 0.0305. The predicted octanol–water partition coefficient (Wildman–Crippen LogP) is 3.92. The van der Waals surface area contributed by atoms with Crippen LogP contribution in [-0.4, -0.2) is 33.9 Å². The number of para-hydroxylation sites is 1. The molecule has 1 aliphatic rings. The number of hydrogen-bond acceptors (Lipinski definition) is 4. The van der Waals surface area contributed by atoms with Crippen LogP contribution in [0.5, 0.6) is 0 Å². The summed E-state index contributed by atoms with van der Waals surface area (Å²) < 4.78 is 2.84. The van der Waals surface area contributed by atoms with Crippen molar-refractivity contribution in [2.24, 2.45) is 11.8 Å². The maximum atomic E-state index is 12.3. The van der Waals surface area contributed by atoms with Crippen molar-refractivity contribution in [3.63, 3.8) is 0 Å². The van der Waals surface area contributed by atoms with E-state index in [0.29, 0.717) is 6.54 Å². The molecule has 0 spiro atoms. The van der Waals surface area contributed by atoms with Crippen LogP contribution >= 0.6 is 11.3 Å². The molecule has 1 aromatic heterocycles. The van der Waals surface area contributed by atoms with Gasteiger partial charge in [-0.05, 0) is 30.9 Å². The van der Waals surface area contributed by atoms with Crippen molar-refractivity contribution in [1.82, 2.24) is 9.47 Å². The summed E-state index contributed by atoms with van der Waals surface area (Å²) in [6.07, 6.45) is 5.81. The maximum absolute atomic E-state index is 12.3. The van der Waals surface area contributed by atoms with Crippen LogP contribution < -0.4 is 4.87 Å². The van der Waals surface area contributed by atoms with Crippen LogP contribution in [0.4, 0.5) is 0 Å². The number of hydrogen-bond donors (Lipinski definition) is 1. The molecule has 1 unspecified atom stereocenters. The topological polar surface area (TPSA) is 45.5 Å². The number of nitrogens with zero attached hydrogens (tertiary/aromatic N) is 2. The molecular weight excluding hydrogens is 332 g/mol. The Balaban J connectivity index is 1.60. The number of unbranched alkanes of at least 4 members (excludes halogenated alkanes) is 1. The van der Waals surface area contributed by atoms with Crippen molar-refractivity contribution in [1.29, 1.82) is 0 Å². The van der Waals surface area contributed by atoms with Gasteiger partial charge in [-0.2, -0.15) is 0 Å². The third-order valence-corrected chi connectivity index (χ3v) is 6.50. The first-order valence-electron chi connectivity index (χ1n) is 9.60. The first kappa shape index (κ1) is 18.6. The number of fused-ring (bicyclic) bond motifs is 1. The molecule has 1 aromatic carbocycles. The Labute approximate surface area is 154 Å². The van der Waals surface area contributed by atoms with Crippen molar-refractivity contribution in [2.75, 3.05) is 13.1 Å². The lowest BCUT2D eigenvalue weighted by molar-refractivity contribution is -0.0553. The highest BCUT2D eigenvalue weighted by Gasteiger charge is 2.27. The Morgan fingerprint density at radius 2 is 2.00 bits per heavy atom. The molecule has 2 aromatic rings. The van der Waals surface area contributed by atoms with Crippen molar-refractivity contribution >= 4 is 21.6 Å². The van der Waals surface area contributed by atoms with Gasteiger partial charge in [-0.1, -0.05) is 56.6 Å². The van der Waals surface area contributed by atoms with E-state index in [2.05, 4.69) is 11.8 Å². The lowest BCUT2D eigenvalue weighted by Gasteiger charge is -2.37. The molecule has 138 valence electrons. The highest BCUT2D eigenvalue weighted by molar-refractivity contribution is 7.16. The number of rotatable bonds is 7. The molecule has 1 aliphatic heterocycles. The molecule has 0 amide bonds. The van der Waals surface area contributed by atoms with E-state index in [1.807, 2.05) is 35.8 Å². The first-order valence-corrected chi connectivity index (χ1v) is 10.4. The van der Waals surface area contributed by atoms with Crippen molar-refractivity contribution in [3.8, 4) is 0 Å². The van der Waals surface area contributed by atoms with Crippen molar-refractivity contribution in [3.05, 3.63) is 33.9 Å². The summed E-state index contributed by atoms with van der Waals surface area (Å²) in [6.45, 7) is 6.81. The molecule has 4 nitrogen and oxygen atoms in total. The molecule has 0 bridgehead atoms. The summed E-state index contributed by atoms with van der Waals surface area (Å²) in [5.41, 5.74) is 0.981. The monoisotopic (exact) mass is 362 g/mol. The number of aliphatic hydroxyl groups is 1. The Bertz CT molecular complexity index is 731. The van der Waals surface area contributed by atoms with Gasteiger partial charge >= 0.3 is 4.87 Å². The summed E-state index contributed by atoms with van der Waals surface area (Å²) in [7, 11) is 0. The van der Waals surface area contributed by atoms with Gasteiger partial charge in [0, 0.05) is 25.6 Å². The summed E-state index contributed by atoms with van der Waals surface area (Å²) in [6, 6.07) is 7.91. The van der Waals surface area contributed by atoms with E-state index in [4.69, 9.17) is 0 Å². The molecule has 25 heavy (non-hydrogen) atoms. The van der Waals surface area contributed by atoms with E-state index in [1.165, 1.54) is 43.4 Å². The van der Waals surface area contributed by atoms with Gasteiger partial charge < -0.3 is 5.11 Å². The molecule has 3 rings (SSSR count). The van der Waals surface area contributed by atoms with Crippen LogP contribution in [0.1, 0.15) is 46.0 Å². The van der Waals surface area contributed by atoms with Crippen LogP contribution in [0.15, 0.2) is 29.1 Å². The molecule has 1 saturated heterocycles. The quantitative estimate of drug-likeness (QED) is 0.812. The summed E-state index contributed by atoms with van der Waals surface area (Å²) in [5, 5.41) is 10.8. The van der Waals surface area contributed by atoms with Gasteiger partial charge in [0.15, 0.2) is 0 Å². The van der Waals surface area contributed by atoms with Gasteiger partial charge in [-0.15, -0.1) is 0 Å². The van der Waals surface area contributed by atoms with Gasteiger partial charge in [-0.25, -0.2) is 0 Å². The smallest absolute Gasteiger partial charge is 0.308 e. The molecule has 0 radical (unpaired) electrons. The third kappa shape index (κ3) is 4.33. The van der Waals surface area contributed by atoms with Crippen LogP contribution in [0.2, 0.25) is 0 Å². The molecule has 5 heteroatoms. The first-order chi connectivity index (χ1) is 12.1. The number of aromatic nitrogens is 1. The van der Waals surface area contributed by atoms with Gasteiger partial charge in [0.2, 0.25) is 0 Å². The van der Waals surface area contributed by atoms with E-state index < -0.39 is 6.23 Å². The zero-order valence-electron chi connectivity index (χ0n) is 15.4. The molecular formula is C20H30N2O2S. The lowest BCUT2D eigenvalue weighted by atomic mass is 9.91.